The average molecular weight is 378 g/mol. The van der Waals surface area contributed by atoms with Crippen LogP contribution >= 0.6 is 12.4 Å². The van der Waals surface area contributed by atoms with Crippen LogP contribution in [-0.2, 0) is 0 Å². The normalized spacial score (nSPS) is 15.0. The number of benzene rings is 1. The molecule has 26 heavy (non-hydrogen) atoms. The lowest BCUT2D eigenvalue weighted by Gasteiger charge is -2.23. The van der Waals surface area contributed by atoms with Crippen molar-refractivity contribution in [3.05, 3.63) is 40.7 Å². The van der Waals surface area contributed by atoms with Crippen LogP contribution in [0.1, 0.15) is 66.0 Å². The van der Waals surface area contributed by atoms with Crippen molar-refractivity contribution in [2.45, 2.75) is 52.5 Å². The van der Waals surface area contributed by atoms with Crippen LogP contribution in [-0.4, -0.2) is 34.0 Å². The molecule has 1 saturated heterocycles. The number of hydrogen-bond donors (Lipinski definition) is 2. The SMILES string of the molecule is Cc1cccc(C(C)C)c1NC(=O)c1nnn(C2CCNCC2)c1C.Cl. The lowest BCUT2D eigenvalue weighted by Crippen LogP contribution is -2.30. The molecule has 1 fully saturated rings. The number of anilines is 1. The number of carbonyl (C=O) groups is 1. The molecule has 0 saturated carbocycles. The Morgan fingerprint density at radius 1 is 1.27 bits per heavy atom. The van der Waals surface area contributed by atoms with Gasteiger partial charge in [-0.15, -0.1) is 17.5 Å². The summed E-state index contributed by atoms with van der Waals surface area (Å²) < 4.78 is 1.91. The molecule has 1 aromatic heterocycles. The van der Waals surface area contributed by atoms with Crippen LogP contribution < -0.4 is 10.6 Å². The largest absolute Gasteiger partial charge is 0.320 e. The van der Waals surface area contributed by atoms with Crippen LogP contribution in [0.5, 0.6) is 0 Å². The zero-order chi connectivity index (χ0) is 18.0. The summed E-state index contributed by atoms with van der Waals surface area (Å²) in [5.74, 6) is 0.149. The molecule has 2 heterocycles. The second kappa shape index (κ2) is 8.64. The minimum absolute atomic E-state index is 0. The standard InChI is InChI=1S/C19H27N5O.ClH/c1-12(2)16-7-5-6-13(3)17(16)21-19(25)18-14(4)24(23-22-18)15-8-10-20-11-9-15;/h5-7,12,15,20H,8-11H2,1-4H3,(H,21,25);1H. The number of amides is 1. The number of para-hydroxylation sites is 1. The molecule has 0 bridgehead atoms. The first kappa shape index (κ1) is 20.4. The molecular weight excluding hydrogens is 350 g/mol. The smallest absolute Gasteiger partial charge is 0.278 e. The molecule has 0 aliphatic carbocycles. The van der Waals surface area contributed by atoms with E-state index < -0.39 is 0 Å². The molecule has 142 valence electrons. The molecule has 0 radical (unpaired) electrons. The monoisotopic (exact) mass is 377 g/mol. The predicted molar refractivity (Wildman–Crippen MR) is 106 cm³/mol. The van der Waals surface area contributed by atoms with Gasteiger partial charge in [-0.05, 0) is 56.8 Å². The Hall–Kier alpha value is -1.92. The molecule has 0 spiro atoms. The Labute approximate surface area is 161 Å². The fourth-order valence-electron chi connectivity index (χ4n) is 3.46. The molecule has 2 aromatic rings. The van der Waals surface area contributed by atoms with Crippen molar-refractivity contribution in [3.8, 4) is 0 Å². The third kappa shape index (κ3) is 4.07. The van der Waals surface area contributed by atoms with Crippen molar-refractivity contribution in [2.24, 2.45) is 0 Å². The Kier molecular flexibility index (Phi) is 6.78. The molecule has 2 N–H and O–H groups in total. The van der Waals surface area contributed by atoms with Crippen LogP contribution in [0.4, 0.5) is 5.69 Å². The van der Waals surface area contributed by atoms with Crippen LogP contribution in [0.25, 0.3) is 0 Å². The average Bonchev–Trinajstić information content (AvgIpc) is 2.98. The maximum absolute atomic E-state index is 12.8. The maximum Gasteiger partial charge on any atom is 0.278 e. The van der Waals surface area contributed by atoms with E-state index in [1.54, 1.807) is 0 Å². The van der Waals surface area contributed by atoms with Gasteiger partial charge in [0, 0.05) is 5.69 Å². The van der Waals surface area contributed by atoms with Crippen molar-refractivity contribution in [2.75, 3.05) is 18.4 Å². The molecule has 1 aliphatic heterocycles. The van der Waals surface area contributed by atoms with Gasteiger partial charge in [-0.25, -0.2) is 4.68 Å². The van der Waals surface area contributed by atoms with Gasteiger partial charge in [-0.3, -0.25) is 4.79 Å². The molecule has 0 unspecified atom stereocenters. The number of hydrogen-bond acceptors (Lipinski definition) is 4. The highest BCUT2D eigenvalue weighted by molar-refractivity contribution is 6.04. The minimum Gasteiger partial charge on any atom is -0.320 e. The summed E-state index contributed by atoms with van der Waals surface area (Å²) in [6, 6.07) is 6.42. The van der Waals surface area contributed by atoms with Gasteiger partial charge in [-0.2, -0.15) is 0 Å². The van der Waals surface area contributed by atoms with Crippen LogP contribution in [0.3, 0.4) is 0 Å². The summed E-state index contributed by atoms with van der Waals surface area (Å²) >= 11 is 0. The van der Waals surface area contributed by atoms with E-state index in [1.165, 1.54) is 0 Å². The number of nitrogens with one attached hydrogen (secondary N) is 2. The fraction of sp³-hybridized carbons (Fsp3) is 0.526. The summed E-state index contributed by atoms with van der Waals surface area (Å²) in [6.45, 7) is 10.2. The van der Waals surface area contributed by atoms with Gasteiger partial charge in [0.15, 0.2) is 5.69 Å². The van der Waals surface area contributed by atoms with Crippen molar-refractivity contribution in [3.63, 3.8) is 0 Å². The number of aryl methyl sites for hydroxylation is 1. The highest BCUT2D eigenvalue weighted by Crippen LogP contribution is 2.28. The molecular formula is C19H28ClN5O. The zero-order valence-corrected chi connectivity index (χ0v) is 16.7. The number of aromatic nitrogens is 3. The Balaban J connectivity index is 0.00000243. The molecule has 7 heteroatoms. The quantitative estimate of drug-likeness (QED) is 0.853. The number of nitrogens with zero attached hydrogens (tertiary/aromatic N) is 3. The minimum atomic E-state index is -0.186. The van der Waals surface area contributed by atoms with Gasteiger partial charge in [0.1, 0.15) is 0 Å². The second-order valence-electron chi connectivity index (χ2n) is 7.10. The first-order chi connectivity index (χ1) is 12.0. The van der Waals surface area contributed by atoms with Gasteiger partial charge < -0.3 is 10.6 Å². The molecule has 1 aromatic carbocycles. The summed E-state index contributed by atoms with van der Waals surface area (Å²) in [7, 11) is 0. The van der Waals surface area contributed by atoms with Crippen molar-refractivity contribution >= 4 is 24.0 Å². The molecule has 1 aliphatic rings. The van der Waals surface area contributed by atoms with Crippen LogP contribution in [0.2, 0.25) is 0 Å². The van der Waals surface area contributed by atoms with E-state index in [-0.39, 0.29) is 18.3 Å². The van der Waals surface area contributed by atoms with Gasteiger partial charge >= 0.3 is 0 Å². The van der Waals surface area contributed by atoms with E-state index in [2.05, 4.69) is 40.9 Å². The molecule has 0 atom stereocenters. The number of carbonyl (C=O) groups excluding carboxylic acids is 1. The maximum atomic E-state index is 12.8. The summed E-state index contributed by atoms with van der Waals surface area (Å²) in [4.78, 5) is 12.8. The number of halogens is 1. The fourth-order valence-corrected chi connectivity index (χ4v) is 3.46. The van der Waals surface area contributed by atoms with Gasteiger partial charge in [0.05, 0.1) is 11.7 Å². The van der Waals surface area contributed by atoms with Crippen molar-refractivity contribution in [1.82, 2.24) is 20.3 Å². The van der Waals surface area contributed by atoms with Crippen LogP contribution in [0, 0.1) is 13.8 Å². The summed E-state index contributed by atoms with van der Waals surface area (Å²) in [5.41, 5.74) is 4.33. The van der Waals surface area contributed by atoms with E-state index in [9.17, 15) is 4.79 Å². The summed E-state index contributed by atoms with van der Waals surface area (Å²) in [6.07, 6.45) is 2.03. The lowest BCUT2D eigenvalue weighted by atomic mass is 9.98. The van der Waals surface area contributed by atoms with E-state index in [1.807, 2.05) is 30.7 Å². The van der Waals surface area contributed by atoms with Gasteiger partial charge in [0.2, 0.25) is 0 Å². The Bertz CT molecular complexity index is 765. The predicted octanol–water partition coefficient (Wildman–Crippen LogP) is 3.62. The van der Waals surface area contributed by atoms with E-state index >= 15 is 0 Å². The molecule has 1 amide bonds. The Morgan fingerprint density at radius 3 is 2.62 bits per heavy atom. The van der Waals surface area contributed by atoms with Crippen molar-refractivity contribution < 1.29 is 4.79 Å². The number of rotatable bonds is 4. The zero-order valence-electron chi connectivity index (χ0n) is 15.9. The molecule has 6 nitrogen and oxygen atoms in total. The summed E-state index contributed by atoms with van der Waals surface area (Å²) in [5, 5.41) is 14.8. The lowest BCUT2D eigenvalue weighted by molar-refractivity contribution is 0.102. The highest BCUT2D eigenvalue weighted by Gasteiger charge is 2.23. The third-order valence-electron chi connectivity index (χ3n) is 4.96. The van der Waals surface area contributed by atoms with Gasteiger partial charge in [0.25, 0.3) is 5.91 Å². The first-order valence-electron chi connectivity index (χ1n) is 9.02. The van der Waals surface area contributed by atoms with E-state index in [4.69, 9.17) is 0 Å². The third-order valence-corrected chi connectivity index (χ3v) is 4.96. The molecule has 3 rings (SSSR count). The van der Waals surface area contributed by atoms with Gasteiger partial charge in [-0.1, -0.05) is 37.3 Å². The Morgan fingerprint density at radius 2 is 1.96 bits per heavy atom. The first-order valence-corrected chi connectivity index (χ1v) is 9.02. The van der Waals surface area contributed by atoms with Crippen molar-refractivity contribution in [1.29, 1.82) is 0 Å². The topological polar surface area (TPSA) is 71.8 Å². The highest BCUT2D eigenvalue weighted by atomic mass is 35.5. The second-order valence-corrected chi connectivity index (χ2v) is 7.10. The van der Waals surface area contributed by atoms with Crippen LogP contribution in [0.15, 0.2) is 18.2 Å². The van der Waals surface area contributed by atoms with E-state index in [0.717, 1.165) is 48.4 Å². The number of piperidine rings is 1. The van der Waals surface area contributed by atoms with E-state index in [0.29, 0.717) is 17.7 Å².